The molecule has 2 rings (SSSR count). The molecule has 30 heavy (non-hydrogen) atoms. The number of amides is 1. The third-order valence-corrected chi connectivity index (χ3v) is 4.85. The van der Waals surface area contributed by atoms with E-state index in [4.69, 9.17) is 4.74 Å². The van der Waals surface area contributed by atoms with Gasteiger partial charge in [-0.2, -0.15) is 0 Å². The Morgan fingerprint density at radius 3 is 2.47 bits per heavy atom. The van der Waals surface area contributed by atoms with E-state index in [9.17, 15) is 9.59 Å². The fraction of sp³-hybridized carbons (Fsp3) is 0.625. The van der Waals surface area contributed by atoms with E-state index in [0.29, 0.717) is 25.5 Å². The third-order valence-electron chi connectivity index (χ3n) is 4.85. The molecule has 1 aromatic carbocycles. The number of benzene rings is 1. The fourth-order valence-electron chi connectivity index (χ4n) is 3.62. The normalized spacial score (nSPS) is 19.0. The number of ketones is 1. The summed E-state index contributed by atoms with van der Waals surface area (Å²) in [6, 6.07) is 9.75. The molecule has 0 radical (unpaired) electrons. The van der Waals surface area contributed by atoms with Gasteiger partial charge in [-0.15, -0.1) is 0 Å². The lowest BCUT2D eigenvalue weighted by Crippen LogP contribution is -2.63. The fourth-order valence-corrected chi connectivity index (χ4v) is 3.62. The highest BCUT2D eigenvalue weighted by molar-refractivity contribution is 6.05. The number of rotatable bonds is 7. The molecule has 1 saturated heterocycles. The molecule has 0 bridgehead atoms. The van der Waals surface area contributed by atoms with Gasteiger partial charge >= 0.3 is 6.09 Å². The van der Waals surface area contributed by atoms with Gasteiger partial charge in [-0.3, -0.25) is 9.79 Å². The number of carbonyl (C=O) groups is 2. The molecular weight excluding hydrogens is 378 g/mol. The molecule has 0 spiro atoms. The number of nitrogens with zero attached hydrogens (tertiary/aromatic N) is 3. The zero-order valence-electron chi connectivity index (χ0n) is 19.4. The second kappa shape index (κ2) is 10.6. The summed E-state index contributed by atoms with van der Waals surface area (Å²) in [4.78, 5) is 34.3. The molecule has 0 aromatic heterocycles. The lowest BCUT2D eigenvalue weighted by molar-refractivity contribution is -0.126. The Hall–Kier alpha value is -2.37. The zero-order chi connectivity index (χ0) is 22.3. The van der Waals surface area contributed by atoms with E-state index in [0.717, 1.165) is 12.8 Å². The highest BCUT2D eigenvalue weighted by Gasteiger charge is 2.43. The number of Topliss-reactive ketones (excluding diaryl/α,β-unsaturated/α-hetero) is 1. The minimum absolute atomic E-state index is 0.0457. The molecule has 1 atom stereocenters. The number of aliphatic imine (C=N–C) groups is 1. The van der Waals surface area contributed by atoms with Gasteiger partial charge in [-0.1, -0.05) is 44.2 Å². The lowest BCUT2D eigenvalue weighted by Gasteiger charge is -2.42. The van der Waals surface area contributed by atoms with Crippen molar-refractivity contribution < 1.29 is 14.3 Å². The van der Waals surface area contributed by atoms with E-state index >= 15 is 0 Å². The molecule has 0 saturated carbocycles. The van der Waals surface area contributed by atoms with Crippen LogP contribution in [0.1, 0.15) is 59.9 Å². The highest BCUT2D eigenvalue weighted by atomic mass is 16.6. The van der Waals surface area contributed by atoms with Crippen molar-refractivity contribution in [3.63, 3.8) is 0 Å². The number of aryl methyl sites for hydroxylation is 1. The van der Waals surface area contributed by atoms with Crippen molar-refractivity contribution in [3.05, 3.63) is 35.9 Å². The zero-order valence-corrected chi connectivity index (χ0v) is 19.4. The minimum Gasteiger partial charge on any atom is -0.443 e. The second-order valence-electron chi connectivity index (χ2n) is 9.25. The average Bonchev–Trinajstić information content (AvgIpc) is 2.64. The summed E-state index contributed by atoms with van der Waals surface area (Å²) in [7, 11) is 0. The van der Waals surface area contributed by atoms with E-state index in [2.05, 4.69) is 31.0 Å². The van der Waals surface area contributed by atoms with E-state index in [1.807, 2.05) is 50.8 Å². The number of carbonyl (C=O) groups excluding carboxylic acids is 2. The molecule has 6 nitrogen and oxygen atoms in total. The molecule has 0 N–H and O–H groups in total. The Kier molecular flexibility index (Phi) is 8.44. The van der Waals surface area contributed by atoms with Crippen LogP contribution in [0.15, 0.2) is 35.3 Å². The van der Waals surface area contributed by atoms with Gasteiger partial charge < -0.3 is 9.64 Å². The van der Waals surface area contributed by atoms with Crippen molar-refractivity contribution in [3.8, 4) is 0 Å². The Labute approximate surface area is 181 Å². The van der Waals surface area contributed by atoms with Crippen LogP contribution in [-0.2, 0) is 16.0 Å². The Bertz CT molecular complexity index is 738. The van der Waals surface area contributed by atoms with Crippen LogP contribution in [0.2, 0.25) is 0 Å². The lowest BCUT2D eigenvalue weighted by atomic mass is 9.96. The van der Waals surface area contributed by atoms with Gasteiger partial charge in [0, 0.05) is 13.1 Å². The molecule has 6 heteroatoms. The molecule has 1 aromatic rings. The van der Waals surface area contributed by atoms with Crippen LogP contribution >= 0.6 is 0 Å². The Balaban J connectivity index is 2.25. The summed E-state index contributed by atoms with van der Waals surface area (Å²) in [6.07, 6.45) is 1.88. The van der Waals surface area contributed by atoms with Gasteiger partial charge in [0.25, 0.3) is 0 Å². The minimum atomic E-state index is -0.643. The number of hydrogen-bond acceptors (Lipinski definition) is 4. The van der Waals surface area contributed by atoms with Crippen molar-refractivity contribution in [1.29, 1.82) is 0 Å². The highest BCUT2D eigenvalue weighted by Crippen LogP contribution is 2.24. The first kappa shape index (κ1) is 23.9. The van der Waals surface area contributed by atoms with E-state index in [1.165, 1.54) is 10.5 Å². The first-order valence-corrected chi connectivity index (χ1v) is 11.0. The van der Waals surface area contributed by atoms with E-state index < -0.39 is 17.7 Å². The van der Waals surface area contributed by atoms with Crippen molar-refractivity contribution in [1.82, 2.24) is 9.80 Å². The van der Waals surface area contributed by atoms with Crippen LogP contribution in [0.5, 0.6) is 0 Å². The molecule has 0 unspecified atom stereocenters. The van der Waals surface area contributed by atoms with Crippen molar-refractivity contribution >= 4 is 17.8 Å². The summed E-state index contributed by atoms with van der Waals surface area (Å²) < 4.78 is 5.66. The van der Waals surface area contributed by atoms with Crippen molar-refractivity contribution in [2.24, 2.45) is 10.9 Å². The van der Waals surface area contributed by atoms with Gasteiger partial charge in [0.2, 0.25) is 5.96 Å². The van der Waals surface area contributed by atoms with E-state index in [-0.39, 0.29) is 18.2 Å². The van der Waals surface area contributed by atoms with Crippen LogP contribution in [0.4, 0.5) is 4.79 Å². The van der Waals surface area contributed by atoms with Crippen molar-refractivity contribution in [2.45, 2.75) is 72.4 Å². The molecule has 1 fully saturated rings. The summed E-state index contributed by atoms with van der Waals surface area (Å²) in [5.74, 6) is 0.880. The van der Waals surface area contributed by atoms with Gasteiger partial charge in [-0.25, -0.2) is 9.69 Å². The molecule has 1 aliphatic heterocycles. The van der Waals surface area contributed by atoms with Gasteiger partial charge in [0.15, 0.2) is 5.78 Å². The molecule has 1 heterocycles. The molecule has 1 aliphatic rings. The van der Waals surface area contributed by atoms with Gasteiger partial charge in [0.1, 0.15) is 11.6 Å². The third kappa shape index (κ3) is 6.85. The van der Waals surface area contributed by atoms with Crippen LogP contribution in [0, 0.1) is 5.92 Å². The first-order valence-electron chi connectivity index (χ1n) is 11.0. The number of hydrogen-bond donors (Lipinski definition) is 0. The molecule has 0 aliphatic carbocycles. The maximum Gasteiger partial charge on any atom is 0.417 e. The molecular formula is C24H37N3O3. The standard InChI is InChI=1S/C24H37N3O3/c1-7-25-22-26(15-11-14-19-12-9-8-10-13-19)17-21(28)20(16-18(2)3)27(22)23(29)30-24(4,5)6/h8-10,12-13,18,20H,7,11,14-17H2,1-6H3/t20-/m0/s1. The summed E-state index contributed by atoms with van der Waals surface area (Å²) in [5, 5.41) is 0. The van der Waals surface area contributed by atoms with Crippen LogP contribution < -0.4 is 0 Å². The number of guanidine groups is 1. The topological polar surface area (TPSA) is 62.2 Å². The van der Waals surface area contributed by atoms with Crippen LogP contribution in [0.3, 0.4) is 0 Å². The second-order valence-corrected chi connectivity index (χ2v) is 9.25. The maximum absolute atomic E-state index is 13.1. The number of ether oxygens (including phenoxy) is 1. The summed E-state index contributed by atoms with van der Waals surface area (Å²) in [6.45, 7) is 13.0. The van der Waals surface area contributed by atoms with Crippen LogP contribution in [-0.4, -0.2) is 58.9 Å². The largest absolute Gasteiger partial charge is 0.443 e. The summed E-state index contributed by atoms with van der Waals surface area (Å²) in [5.41, 5.74) is 0.617. The Morgan fingerprint density at radius 2 is 1.90 bits per heavy atom. The van der Waals surface area contributed by atoms with Crippen molar-refractivity contribution in [2.75, 3.05) is 19.6 Å². The smallest absolute Gasteiger partial charge is 0.417 e. The van der Waals surface area contributed by atoms with E-state index in [1.54, 1.807) is 0 Å². The molecule has 1 amide bonds. The molecule has 166 valence electrons. The monoisotopic (exact) mass is 415 g/mol. The van der Waals surface area contributed by atoms with Crippen LogP contribution in [0.25, 0.3) is 0 Å². The maximum atomic E-state index is 13.1. The average molecular weight is 416 g/mol. The first-order chi connectivity index (χ1) is 14.1. The predicted octanol–water partition coefficient (Wildman–Crippen LogP) is 4.53. The predicted molar refractivity (Wildman–Crippen MR) is 121 cm³/mol. The quantitative estimate of drug-likeness (QED) is 0.656. The summed E-state index contributed by atoms with van der Waals surface area (Å²) >= 11 is 0. The Morgan fingerprint density at radius 1 is 1.23 bits per heavy atom. The SMILES string of the molecule is CCN=C1N(CCCc2ccccc2)CC(=O)[C@H](CC(C)C)N1C(=O)OC(C)(C)C. The van der Waals surface area contributed by atoms with Gasteiger partial charge in [-0.05, 0) is 58.4 Å². The van der Waals surface area contributed by atoms with Gasteiger partial charge in [0.05, 0.1) is 6.54 Å².